The fourth-order valence-electron chi connectivity index (χ4n) is 1.44. The van der Waals surface area contributed by atoms with Gasteiger partial charge in [0.25, 0.3) is 0 Å². The van der Waals surface area contributed by atoms with E-state index in [2.05, 4.69) is 24.3 Å². The molecule has 8 heavy (non-hydrogen) atoms. The predicted molar refractivity (Wildman–Crippen MR) is 34.5 cm³/mol. The van der Waals surface area contributed by atoms with E-state index < -0.39 is 0 Å². The van der Waals surface area contributed by atoms with Crippen molar-refractivity contribution < 1.29 is 0 Å². The molecule has 0 heterocycles. The Morgan fingerprint density at radius 1 is 0.875 bits per heavy atom. The third-order valence-corrected chi connectivity index (χ3v) is 2.14. The number of hydrogen-bond acceptors (Lipinski definition) is 0. The van der Waals surface area contributed by atoms with Crippen molar-refractivity contribution >= 4 is 0 Å². The van der Waals surface area contributed by atoms with E-state index in [0.29, 0.717) is 0 Å². The van der Waals surface area contributed by atoms with Crippen LogP contribution in [0.25, 0.3) is 0 Å². The zero-order valence-electron chi connectivity index (χ0n) is 4.88. The quantitative estimate of drug-likeness (QED) is 0.415. The van der Waals surface area contributed by atoms with Crippen LogP contribution >= 0.6 is 0 Å². The maximum absolute atomic E-state index is 2.33. The lowest BCUT2D eigenvalue weighted by Gasteiger charge is -2.30. The minimum atomic E-state index is 0.917. The van der Waals surface area contributed by atoms with Crippen molar-refractivity contribution in [2.24, 2.45) is 11.8 Å². The van der Waals surface area contributed by atoms with E-state index in [-0.39, 0.29) is 0 Å². The smallest absolute Gasteiger partial charge is 0.0133 e. The first-order valence-corrected chi connectivity index (χ1v) is 3.30. The van der Waals surface area contributed by atoms with Crippen LogP contribution in [-0.2, 0) is 0 Å². The first-order valence-electron chi connectivity index (χ1n) is 3.30. The molecule has 0 unspecified atom stereocenters. The fraction of sp³-hybridized carbons (Fsp3) is 0.500. The van der Waals surface area contributed by atoms with Crippen molar-refractivity contribution in [1.82, 2.24) is 0 Å². The third kappa shape index (κ3) is 0.459. The molecule has 42 valence electrons. The average Bonchev–Trinajstić information content (AvgIpc) is 1.72. The summed E-state index contributed by atoms with van der Waals surface area (Å²) in [6, 6.07) is 0. The monoisotopic (exact) mass is 106 g/mol. The predicted octanol–water partition coefficient (Wildman–Crippen LogP) is 2.14. The number of rotatable bonds is 0. The Labute approximate surface area is 49.9 Å². The normalized spacial score (nSPS) is 41.0. The standard InChI is InChI=1S/C8H10/c1-2-4-8-6-5-7(8)3-1/h1-2,5-8H,3-4H2/t7-,8-/m1/s1. The van der Waals surface area contributed by atoms with Crippen molar-refractivity contribution in [2.75, 3.05) is 0 Å². The van der Waals surface area contributed by atoms with Crippen LogP contribution in [0.5, 0.6) is 0 Å². The minimum Gasteiger partial charge on any atom is -0.0879 e. The molecule has 0 saturated heterocycles. The van der Waals surface area contributed by atoms with E-state index in [1.165, 1.54) is 12.8 Å². The Hall–Kier alpha value is -0.520. The molecule has 0 radical (unpaired) electrons. The lowest BCUT2D eigenvalue weighted by atomic mass is 9.75. The molecule has 0 spiro atoms. The molecule has 0 aromatic heterocycles. The number of allylic oxidation sites excluding steroid dienone is 4. The van der Waals surface area contributed by atoms with E-state index in [9.17, 15) is 0 Å². The molecule has 2 rings (SSSR count). The summed E-state index contributed by atoms with van der Waals surface area (Å²) >= 11 is 0. The molecule has 0 bridgehead atoms. The molecule has 0 aromatic carbocycles. The van der Waals surface area contributed by atoms with Crippen LogP contribution in [0.2, 0.25) is 0 Å². The van der Waals surface area contributed by atoms with E-state index in [1.54, 1.807) is 0 Å². The Kier molecular flexibility index (Phi) is 0.806. The van der Waals surface area contributed by atoms with Gasteiger partial charge in [-0.2, -0.15) is 0 Å². The first kappa shape index (κ1) is 4.37. The highest BCUT2D eigenvalue weighted by Gasteiger charge is 2.23. The summed E-state index contributed by atoms with van der Waals surface area (Å²) in [5.74, 6) is 1.83. The highest BCUT2D eigenvalue weighted by atomic mass is 14.3. The average molecular weight is 106 g/mol. The Morgan fingerprint density at radius 3 is 1.62 bits per heavy atom. The van der Waals surface area contributed by atoms with E-state index in [1.807, 2.05) is 0 Å². The molecule has 0 aromatic rings. The molecule has 0 fully saturated rings. The zero-order valence-corrected chi connectivity index (χ0v) is 4.88. The Bertz CT molecular complexity index is 124. The van der Waals surface area contributed by atoms with E-state index >= 15 is 0 Å². The maximum Gasteiger partial charge on any atom is -0.0133 e. The summed E-state index contributed by atoms with van der Waals surface area (Å²) in [5.41, 5.74) is 0. The molecule has 0 heteroatoms. The van der Waals surface area contributed by atoms with Crippen molar-refractivity contribution in [2.45, 2.75) is 12.8 Å². The summed E-state index contributed by atoms with van der Waals surface area (Å²) in [6.07, 6.45) is 11.8. The van der Waals surface area contributed by atoms with Gasteiger partial charge in [0.1, 0.15) is 0 Å². The fourth-order valence-corrected chi connectivity index (χ4v) is 1.44. The summed E-state index contributed by atoms with van der Waals surface area (Å²) in [4.78, 5) is 0. The molecule has 2 atom stereocenters. The van der Waals surface area contributed by atoms with Crippen LogP contribution in [0, 0.1) is 11.8 Å². The molecule has 2 aliphatic carbocycles. The van der Waals surface area contributed by atoms with Crippen molar-refractivity contribution in [3.8, 4) is 0 Å². The molecule has 0 nitrogen and oxygen atoms in total. The van der Waals surface area contributed by atoms with Crippen LogP contribution in [0.1, 0.15) is 12.8 Å². The molecular formula is C8H10. The van der Waals surface area contributed by atoms with Crippen molar-refractivity contribution in [3.63, 3.8) is 0 Å². The van der Waals surface area contributed by atoms with Crippen LogP contribution < -0.4 is 0 Å². The van der Waals surface area contributed by atoms with E-state index in [4.69, 9.17) is 0 Å². The third-order valence-electron chi connectivity index (χ3n) is 2.14. The number of hydrogen-bond donors (Lipinski definition) is 0. The SMILES string of the molecule is C1=CC[C@@H]2C=C[C@H]2C1. The minimum absolute atomic E-state index is 0.917. The van der Waals surface area contributed by atoms with Crippen LogP contribution in [0.15, 0.2) is 24.3 Å². The zero-order chi connectivity index (χ0) is 5.40. The molecule has 0 N–H and O–H groups in total. The van der Waals surface area contributed by atoms with Gasteiger partial charge in [0.2, 0.25) is 0 Å². The molecule has 0 saturated carbocycles. The molecule has 2 aliphatic rings. The maximum atomic E-state index is 2.33. The van der Waals surface area contributed by atoms with Gasteiger partial charge in [-0.15, -0.1) is 0 Å². The largest absolute Gasteiger partial charge is 0.0879 e. The second kappa shape index (κ2) is 1.48. The number of fused-ring (bicyclic) bond motifs is 1. The summed E-state index contributed by atoms with van der Waals surface area (Å²) < 4.78 is 0. The highest BCUT2D eigenvalue weighted by molar-refractivity contribution is 5.15. The summed E-state index contributed by atoms with van der Waals surface area (Å²) in [5, 5.41) is 0. The summed E-state index contributed by atoms with van der Waals surface area (Å²) in [7, 11) is 0. The Balaban J connectivity index is 2.15. The van der Waals surface area contributed by atoms with Crippen molar-refractivity contribution in [3.05, 3.63) is 24.3 Å². The topological polar surface area (TPSA) is 0 Å². The highest BCUT2D eigenvalue weighted by Crippen LogP contribution is 2.34. The van der Waals surface area contributed by atoms with Gasteiger partial charge >= 0.3 is 0 Å². The lowest BCUT2D eigenvalue weighted by Crippen LogP contribution is -2.19. The van der Waals surface area contributed by atoms with Gasteiger partial charge in [-0.3, -0.25) is 0 Å². The van der Waals surface area contributed by atoms with Gasteiger partial charge in [-0.1, -0.05) is 24.3 Å². The van der Waals surface area contributed by atoms with Gasteiger partial charge in [-0.05, 0) is 24.7 Å². The molecule has 0 amide bonds. The van der Waals surface area contributed by atoms with E-state index in [0.717, 1.165) is 11.8 Å². The van der Waals surface area contributed by atoms with Gasteiger partial charge < -0.3 is 0 Å². The van der Waals surface area contributed by atoms with Gasteiger partial charge in [-0.25, -0.2) is 0 Å². The van der Waals surface area contributed by atoms with Crippen LogP contribution in [0.3, 0.4) is 0 Å². The van der Waals surface area contributed by atoms with Gasteiger partial charge in [0.05, 0.1) is 0 Å². The Morgan fingerprint density at radius 2 is 1.38 bits per heavy atom. The lowest BCUT2D eigenvalue weighted by molar-refractivity contribution is 0.417. The van der Waals surface area contributed by atoms with Crippen LogP contribution in [0.4, 0.5) is 0 Å². The summed E-state index contributed by atoms with van der Waals surface area (Å²) in [6.45, 7) is 0. The van der Waals surface area contributed by atoms with Crippen LogP contribution in [-0.4, -0.2) is 0 Å². The second-order valence-electron chi connectivity index (χ2n) is 2.66. The molecule has 0 aliphatic heterocycles. The first-order chi connectivity index (χ1) is 3.97. The second-order valence-corrected chi connectivity index (χ2v) is 2.66. The van der Waals surface area contributed by atoms with Gasteiger partial charge in [0.15, 0.2) is 0 Å². The van der Waals surface area contributed by atoms with Crippen molar-refractivity contribution in [1.29, 1.82) is 0 Å². The molecular weight excluding hydrogens is 96.1 g/mol. The van der Waals surface area contributed by atoms with Gasteiger partial charge in [0, 0.05) is 0 Å².